The summed E-state index contributed by atoms with van der Waals surface area (Å²) in [4.78, 5) is 25.1. The van der Waals surface area contributed by atoms with Crippen molar-refractivity contribution in [2.75, 3.05) is 21.3 Å². The number of carbonyl (C=O) groups excluding carboxylic acids is 2. The Morgan fingerprint density at radius 1 is 0.742 bits per heavy atom. The van der Waals surface area contributed by atoms with Crippen molar-refractivity contribution in [3.05, 3.63) is 89.5 Å². The van der Waals surface area contributed by atoms with Gasteiger partial charge in [-0.25, -0.2) is 4.79 Å². The molecule has 158 valence electrons. The largest absolute Gasteiger partial charge is 0.497 e. The Balaban J connectivity index is 1.71. The van der Waals surface area contributed by atoms with E-state index in [1.54, 1.807) is 55.7 Å². The van der Waals surface area contributed by atoms with Crippen molar-refractivity contribution < 1.29 is 28.5 Å². The van der Waals surface area contributed by atoms with E-state index in [9.17, 15) is 9.59 Å². The van der Waals surface area contributed by atoms with Gasteiger partial charge in [-0.1, -0.05) is 24.3 Å². The maximum Gasteiger partial charge on any atom is 0.351 e. The van der Waals surface area contributed by atoms with E-state index in [2.05, 4.69) is 0 Å². The third-order valence-electron chi connectivity index (χ3n) is 4.50. The second-order valence-corrected chi connectivity index (χ2v) is 6.43. The third-order valence-corrected chi connectivity index (χ3v) is 4.50. The first-order chi connectivity index (χ1) is 15.0. The van der Waals surface area contributed by atoms with Crippen LogP contribution in [-0.4, -0.2) is 33.1 Å². The first kappa shape index (κ1) is 21.6. The number of esters is 1. The number of carbonyl (C=O) groups is 2. The first-order valence-corrected chi connectivity index (χ1v) is 9.45. The minimum atomic E-state index is -0.619. The smallest absolute Gasteiger partial charge is 0.351 e. The highest BCUT2D eigenvalue weighted by molar-refractivity contribution is 6.07. The lowest BCUT2D eigenvalue weighted by Crippen LogP contribution is -2.12. The Labute approximate surface area is 180 Å². The summed E-state index contributed by atoms with van der Waals surface area (Å²) in [6.07, 6.45) is 3.20. The average Bonchev–Trinajstić information content (AvgIpc) is 2.82. The minimum absolute atomic E-state index is 0.174. The number of methoxy groups -OCH3 is 3. The Kier molecular flexibility index (Phi) is 7.06. The van der Waals surface area contributed by atoms with E-state index < -0.39 is 5.97 Å². The molecule has 6 heteroatoms. The molecule has 0 aliphatic rings. The summed E-state index contributed by atoms with van der Waals surface area (Å²) >= 11 is 0. The van der Waals surface area contributed by atoms with Gasteiger partial charge in [0, 0.05) is 5.56 Å². The normalized spacial score (nSPS) is 10.5. The summed E-state index contributed by atoms with van der Waals surface area (Å²) in [6.45, 7) is 0. The van der Waals surface area contributed by atoms with E-state index in [1.807, 2.05) is 24.3 Å². The van der Waals surface area contributed by atoms with Gasteiger partial charge in [-0.2, -0.15) is 0 Å². The second kappa shape index (κ2) is 10.1. The van der Waals surface area contributed by atoms with Crippen molar-refractivity contribution in [3.8, 4) is 23.0 Å². The quantitative estimate of drug-likeness (QED) is 0.226. The number of benzene rings is 3. The zero-order valence-corrected chi connectivity index (χ0v) is 17.5. The highest BCUT2D eigenvalue weighted by Gasteiger charge is 2.20. The molecule has 0 amide bonds. The lowest BCUT2D eigenvalue weighted by molar-refractivity contribution is 0.0727. The van der Waals surface area contributed by atoms with Crippen LogP contribution in [0.5, 0.6) is 23.0 Å². The van der Waals surface area contributed by atoms with Crippen molar-refractivity contribution in [2.45, 2.75) is 0 Å². The fourth-order valence-corrected chi connectivity index (χ4v) is 2.91. The Morgan fingerprint density at radius 2 is 1.39 bits per heavy atom. The van der Waals surface area contributed by atoms with Gasteiger partial charge in [0.1, 0.15) is 28.6 Å². The molecule has 0 saturated carbocycles. The van der Waals surface area contributed by atoms with Gasteiger partial charge < -0.3 is 18.9 Å². The molecule has 0 spiro atoms. The van der Waals surface area contributed by atoms with Crippen LogP contribution in [0, 0.1) is 0 Å². The van der Waals surface area contributed by atoms with Crippen LogP contribution in [0.25, 0.3) is 6.08 Å². The number of allylic oxidation sites excluding steroid dienone is 1. The van der Waals surface area contributed by atoms with E-state index in [-0.39, 0.29) is 11.3 Å². The maximum absolute atomic E-state index is 12.6. The topological polar surface area (TPSA) is 71.1 Å². The third kappa shape index (κ3) is 5.30. The maximum atomic E-state index is 12.6. The predicted molar refractivity (Wildman–Crippen MR) is 117 cm³/mol. The van der Waals surface area contributed by atoms with Gasteiger partial charge in [0.25, 0.3) is 0 Å². The van der Waals surface area contributed by atoms with Crippen LogP contribution in [0.3, 0.4) is 0 Å². The molecule has 0 radical (unpaired) electrons. The summed E-state index contributed by atoms with van der Waals surface area (Å²) in [5.41, 5.74) is 1.51. The molecular formula is C25H22O6. The van der Waals surface area contributed by atoms with Crippen LogP contribution in [0.4, 0.5) is 0 Å². The number of ether oxygens (including phenoxy) is 4. The van der Waals surface area contributed by atoms with Crippen LogP contribution in [0.2, 0.25) is 0 Å². The summed E-state index contributed by atoms with van der Waals surface area (Å²) in [7, 11) is 4.52. The summed E-state index contributed by atoms with van der Waals surface area (Å²) in [5, 5.41) is 0. The molecule has 0 saturated heterocycles. The van der Waals surface area contributed by atoms with E-state index in [0.717, 1.165) is 5.56 Å². The number of rotatable bonds is 8. The lowest BCUT2D eigenvalue weighted by atomic mass is 10.1. The minimum Gasteiger partial charge on any atom is -0.497 e. The van der Waals surface area contributed by atoms with Crippen LogP contribution < -0.4 is 18.9 Å². The Morgan fingerprint density at radius 3 is 2.00 bits per heavy atom. The van der Waals surface area contributed by atoms with Gasteiger partial charge in [-0.15, -0.1) is 0 Å². The predicted octanol–water partition coefficient (Wildman–Crippen LogP) is 4.83. The fraction of sp³-hybridized carbons (Fsp3) is 0.120. The summed E-state index contributed by atoms with van der Waals surface area (Å²) in [6, 6.07) is 18.7. The zero-order valence-electron chi connectivity index (χ0n) is 17.5. The van der Waals surface area contributed by atoms with Crippen LogP contribution in [0.1, 0.15) is 26.3 Å². The SMILES string of the molecule is COc1cccc(C=CC(=O)c2ccc(OC(=O)c3c(OC)cccc3OC)cc2)c1. The molecule has 0 aromatic heterocycles. The first-order valence-electron chi connectivity index (χ1n) is 9.45. The highest BCUT2D eigenvalue weighted by Crippen LogP contribution is 2.29. The van der Waals surface area contributed by atoms with Crippen LogP contribution >= 0.6 is 0 Å². The molecule has 6 nitrogen and oxygen atoms in total. The van der Waals surface area contributed by atoms with Crippen molar-refractivity contribution >= 4 is 17.8 Å². The lowest BCUT2D eigenvalue weighted by Gasteiger charge is -2.12. The summed E-state index contributed by atoms with van der Waals surface area (Å²) in [5.74, 6) is 0.912. The van der Waals surface area contributed by atoms with E-state index in [0.29, 0.717) is 28.6 Å². The van der Waals surface area contributed by atoms with Crippen molar-refractivity contribution in [3.63, 3.8) is 0 Å². The van der Waals surface area contributed by atoms with Crippen molar-refractivity contribution in [1.82, 2.24) is 0 Å². The van der Waals surface area contributed by atoms with Crippen LogP contribution in [-0.2, 0) is 0 Å². The molecular weight excluding hydrogens is 396 g/mol. The van der Waals surface area contributed by atoms with E-state index in [4.69, 9.17) is 18.9 Å². The van der Waals surface area contributed by atoms with Gasteiger partial charge >= 0.3 is 5.97 Å². The molecule has 3 aromatic rings. The molecule has 3 aromatic carbocycles. The molecule has 0 heterocycles. The molecule has 0 bridgehead atoms. The Hall–Kier alpha value is -4.06. The number of hydrogen-bond acceptors (Lipinski definition) is 6. The fourth-order valence-electron chi connectivity index (χ4n) is 2.91. The molecule has 0 atom stereocenters. The second-order valence-electron chi connectivity index (χ2n) is 6.43. The van der Waals surface area contributed by atoms with Crippen LogP contribution in [0.15, 0.2) is 72.8 Å². The Bertz CT molecular complexity index is 1080. The molecule has 0 aliphatic heterocycles. The molecule has 0 aliphatic carbocycles. The van der Waals surface area contributed by atoms with E-state index >= 15 is 0 Å². The van der Waals surface area contributed by atoms with Gasteiger partial charge in [0.15, 0.2) is 5.78 Å². The molecule has 3 rings (SSSR count). The molecule has 0 N–H and O–H groups in total. The zero-order chi connectivity index (χ0) is 22.2. The molecule has 0 unspecified atom stereocenters. The number of hydrogen-bond donors (Lipinski definition) is 0. The van der Waals surface area contributed by atoms with Crippen molar-refractivity contribution in [2.24, 2.45) is 0 Å². The van der Waals surface area contributed by atoms with Gasteiger partial charge in [-0.3, -0.25) is 4.79 Å². The molecule has 31 heavy (non-hydrogen) atoms. The number of ketones is 1. The molecule has 0 fully saturated rings. The average molecular weight is 418 g/mol. The van der Waals surface area contributed by atoms with Gasteiger partial charge in [0.05, 0.1) is 21.3 Å². The van der Waals surface area contributed by atoms with E-state index in [1.165, 1.54) is 20.3 Å². The van der Waals surface area contributed by atoms with Crippen molar-refractivity contribution in [1.29, 1.82) is 0 Å². The summed E-state index contributed by atoms with van der Waals surface area (Å²) < 4.78 is 21.1. The van der Waals surface area contributed by atoms with Gasteiger partial charge in [-0.05, 0) is 60.2 Å². The standard InChI is InChI=1S/C25H22O6/c1-28-20-7-4-6-17(16-20)10-15-21(26)18-11-13-19(14-12-18)31-25(27)24-22(29-2)8-5-9-23(24)30-3/h4-16H,1-3H3. The highest BCUT2D eigenvalue weighted by atomic mass is 16.5. The van der Waals surface area contributed by atoms with Gasteiger partial charge in [0.2, 0.25) is 0 Å². The monoisotopic (exact) mass is 418 g/mol.